The van der Waals surface area contributed by atoms with Gasteiger partial charge in [-0.05, 0) is 48.9 Å². The highest BCUT2D eigenvalue weighted by Crippen LogP contribution is 2.34. The van der Waals surface area contributed by atoms with Crippen LogP contribution in [0.4, 0.5) is 8.78 Å². The molecule has 0 aliphatic heterocycles. The van der Waals surface area contributed by atoms with Gasteiger partial charge in [-0.2, -0.15) is 0 Å². The summed E-state index contributed by atoms with van der Waals surface area (Å²) in [5.41, 5.74) is -0.613. The molecule has 0 N–H and O–H groups in total. The van der Waals surface area contributed by atoms with Crippen molar-refractivity contribution in [3.8, 4) is 0 Å². The van der Waals surface area contributed by atoms with Crippen molar-refractivity contribution in [2.45, 2.75) is 13.5 Å². The number of hydrogen-bond donors (Lipinski definition) is 0. The van der Waals surface area contributed by atoms with Crippen molar-refractivity contribution in [3.63, 3.8) is 0 Å². The van der Waals surface area contributed by atoms with Gasteiger partial charge in [-0.25, -0.2) is 23.4 Å². The highest BCUT2D eigenvalue weighted by atomic mass is 19.1. The first-order valence-electron chi connectivity index (χ1n) is 11.1. The highest BCUT2D eigenvalue weighted by Gasteiger charge is 2.22. The number of benzene rings is 2. The summed E-state index contributed by atoms with van der Waals surface area (Å²) in [5, 5.41) is 1.81. The fourth-order valence-corrected chi connectivity index (χ4v) is 4.87. The third-order valence-corrected chi connectivity index (χ3v) is 6.73. The SMILES string of the molecule is Cc1cc2c3c4cccnc4oc(=O)c3n(Cc3cc4c(=O)n(C)c(=O)n(C)c4cc3F)c2cc1F. The van der Waals surface area contributed by atoms with E-state index in [1.807, 2.05) is 0 Å². The molecule has 6 aromatic rings. The number of nitrogens with zero attached hydrogens (tertiary/aromatic N) is 4. The number of rotatable bonds is 2. The molecule has 180 valence electrons. The summed E-state index contributed by atoms with van der Waals surface area (Å²) in [7, 11) is 2.79. The normalized spacial score (nSPS) is 11.9. The van der Waals surface area contributed by atoms with Crippen molar-refractivity contribution in [2.75, 3.05) is 0 Å². The van der Waals surface area contributed by atoms with E-state index < -0.39 is 28.5 Å². The average Bonchev–Trinajstić information content (AvgIpc) is 3.16. The Labute approximate surface area is 200 Å². The van der Waals surface area contributed by atoms with Gasteiger partial charge in [0.15, 0.2) is 0 Å². The molecule has 4 aromatic heterocycles. The van der Waals surface area contributed by atoms with Gasteiger partial charge in [0, 0.05) is 42.0 Å². The summed E-state index contributed by atoms with van der Waals surface area (Å²) < 4.78 is 39.1. The molecule has 36 heavy (non-hydrogen) atoms. The van der Waals surface area contributed by atoms with Gasteiger partial charge in [0.2, 0.25) is 5.71 Å². The molecular weight excluding hydrogens is 470 g/mol. The van der Waals surface area contributed by atoms with Gasteiger partial charge in [-0.3, -0.25) is 13.9 Å². The maximum absolute atomic E-state index is 15.3. The van der Waals surface area contributed by atoms with Crippen LogP contribution in [0.5, 0.6) is 0 Å². The Hall–Kier alpha value is -4.60. The van der Waals surface area contributed by atoms with Gasteiger partial charge in [0.1, 0.15) is 17.2 Å². The third kappa shape index (κ3) is 2.90. The number of fused-ring (bicyclic) bond motifs is 6. The minimum atomic E-state index is -0.704. The lowest BCUT2D eigenvalue weighted by atomic mass is 10.1. The van der Waals surface area contributed by atoms with Crippen LogP contribution < -0.4 is 16.9 Å². The molecule has 0 bridgehead atoms. The molecule has 2 aromatic carbocycles. The predicted molar refractivity (Wildman–Crippen MR) is 131 cm³/mol. The van der Waals surface area contributed by atoms with Crippen LogP contribution in [0, 0.1) is 18.6 Å². The number of halogens is 2. The molecule has 0 fully saturated rings. The highest BCUT2D eigenvalue weighted by molar-refractivity contribution is 6.18. The summed E-state index contributed by atoms with van der Waals surface area (Å²) in [6.07, 6.45) is 1.50. The average molecular weight is 488 g/mol. The van der Waals surface area contributed by atoms with Gasteiger partial charge < -0.3 is 8.98 Å². The second-order valence-corrected chi connectivity index (χ2v) is 8.84. The molecule has 0 aliphatic carbocycles. The predicted octanol–water partition coefficient (Wildman–Crippen LogP) is 3.48. The number of aryl methyl sites for hydroxylation is 2. The number of hydrogen-bond acceptors (Lipinski definition) is 5. The molecule has 0 amide bonds. The summed E-state index contributed by atoms with van der Waals surface area (Å²) in [4.78, 5) is 42.3. The molecule has 0 radical (unpaired) electrons. The third-order valence-electron chi connectivity index (χ3n) is 6.73. The van der Waals surface area contributed by atoms with Gasteiger partial charge in [-0.15, -0.1) is 0 Å². The van der Waals surface area contributed by atoms with Gasteiger partial charge >= 0.3 is 11.3 Å². The lowest BCUT2D eigenvalue weighted by Gasteiger charge is -2.12. The van der Waals surface area contributed by atoms with Crippen LogP contribution in [-0.4, -0.2) is 18.7 Å². The minimum Gasteiger partial charge on any atom is -0.402 e. The molecule has 0 saturated heterocycles. The van der Waals surface area contributed by atoms with Gasteiger partial charge in [-0.1, -0.05) is 0 Å². The molecule has 0 aliphatic rings. The van der Waals surface area contributed by atoms with Crippen LogP contribution in [0.1, 0.15) is 11.1 Å². The Bertz CT molecular complexity index is 2100. The summed E-state index contributed by atoms with van der Waals surface area (Å²) >= 11 is 0. The van der Waals surface area contributed by atoms with Gasteiger partial charge in [0.05, 0.1) is 23.0 Å². The Morgan fingerprint density at radius 3 is 2.44 bits per heavy atom. The quantitative estimate of drug-likeness (QED) is 0.372. The van der Waals surface area contributed by atoms with Crippen LogP contribution in [0.25, 0.3) is 43.8 Å². The Balaban J connectivity index is 1.72. The van der Waals surface area contributed by atoms with Crippen molar-refractivity contribution < 1.29 is 13.2 Å². The summed E-state index contributed by atoms with van der Waals surface area (Å²) in [6.45, 7) is 1.43. The van der Waals surface area contributed by atoms with E-state index in [-0.39, 0.29) is 34.2 Å². The standard InChI is InChI=1S/C26H18F2N4O4/c1-12-7-15-20(9-17(12)27)32(22-21(15)14-5-4-6-29-23(14)36-25(22)34)11-13-8-16-19(10-18(13)28)30(2)26(35)31(3)24(16)33/h4-10H,11H2,1-3H3. The summed E-state index contributed by atoms with van der Waals surface area (Å²) in [6, 6.07) is 8.86. The van der Waals surface area contributed by atoms with E-state index in [1.54, 1.807) is 25.1 Å². The van der Waals surface area contributed by atoms with E-state index in [0.29, 0.717) is 27.2 Å². The maximum Gasteiger partial charge on any atom is 0.362 e. The van der Waals surface area contributed by atoms with Crippen LogP contribution in [-0.2, 0) is 20.6 Å². The lowest BCUT2D eigenvalue weighted by molar-refractivity contribution is 0.552. The monoisotopic (exact) mass is 488 g/mol. The Morgan fingerprint density at radius 1 is 0.917 bits per heavy atom. The topological polar surface area (TPSA) is 92.0 Å². The molecule has 0 unspecified atom stereocenters. The van der Waals surface area contributed by atoms with Crippen molar-refractivity contribution in [1.82, 2.24) is 18.7 Å². The zero-order valence-corrected chi connectivity index (χ0v) is 19.4. The lowest BCUT2D eigenvalue weighted by Crippen LogP contribution is -2.37. The molecule has 8 nitrogen and oxygen atoms in total. The second kappa shape index (κ2) is 7.45. The Kier molecular flexibility index (Phi) is 4.53. The van der Waals surface area contributed by atoms with Crippen molar-refractivity contribution in [1.29, 1.82) is 0 Å². The molecular formula is C26H18F2N4O4. The fourth-order valence-electron chi connectivity index (χ4n) is 4.87. The first kappa shape index (κ1) is 21.9. The van der Waals surface area contributed by atoms with Gasteiger partial charge in [0.25, 0.3) is 5.56 Å². The molecule has 0 atom stereocenters. The molecule has 6 rings (SSSR count). The zero-order chi connectivity index (χ0) is 25.5. The largest absolute Gasteiger partial charge is 0.402 e. The van der Waals surface area contributed by atoms with Crippen LogP contribution >= 0.6 is 0 Å². The van der Waals surface area contributed by atoms with E-state index in [9.17, 15) is 18.8 Å². The zero-order valence-electron chi connectivity index (χ0n) is 19.4. The van der Waals surface area contributed by atoms with E-state index in [4.69, 9.17) is 4.42 Å². The van der Waals surface area contributed by atoms with Crippen LogP contribution in [0.15, 0.2) is 61.4 Å². The van der Waals surface area contributed by atoms with Crippen molar-refractivity contribution in [3.05, 3.63) is 96.6 Å². The first-order chi connectivity index (χ1) is 17.2. The maximum atomic E-state index is 15.3. The van der Waals surface area contributed by atoms with E-state index in [2.05, 4.69) is 4.98 Å². The van der Waals surface area contributed by atoms with E-state index in [1.165, 1.54) is 41.6 Å². The molecule has 4 heterocycles. The smallest absolute Gasteiger partial charge is 0.362 e. The number of pyridine rings is 1. The molecule has 0 saturated carbocycles. The van der Waals surface area contributed by atoms with E-state index in [0.717, 1.165) is 10.6 Å². The summed E-state index contributed by atoms with van der Waals surface area (Å²) in [5.74, 6) is -1.17. The van der Waals surface area contributed by atoms with Crippen molar-refractivity contribution in [2.24, 2.45) is 14.1 Å². The van der Waals surface area contributed by atoms with Crippen LogP contribution in [0.3, 0.4) is 0 Å². The van der Waals surface area contributed by atoms with Crippen molar-refractivity contribution >= 4 is 43.8 Å². The van der Waals surface area contributed by atoms with E-state index >= 15 is 4.39 Å². The second-order valence-electron chi connectivity index (χ2n) is 8.84. The minimum absolute atomic E-state index is 0.0868. The fraction of sp³-hybridized carbons (Fsp3) is 0.154. The first-order valence-corrected chi connectivity index (χ1v) is 11.1. The molecule has 0 spiro atoms. The number of aromatic nitrogens is 4. The van der Waals surface area contributed by atoms with Crippen LogP contribution in [0.2, 0.25) is 0 Å². The Morgan fingerprint density at radius 2 is 1.67 bits per heavy atom. The molecule has 10 heteroatoms.